The summed E-state index contributed by atoms with van der Waals surface area (Å²) in [7, 11) is 0. The molecule has 0 aliphatic carbocycles. The van der Waals surface area contributed by atoms with Crippen molar-refractivity contribution in [3.8, 4) is 6.07 Å². The SMILES string of the molecule is CC(F)(F)C[C@H](N)C(=O)N(CC#N)[C@@H](c1ccc(Br)cc1)C(F)(F)F. The molecule has 10 heteroatoms. The quantitative estimate of drug-likeness (QED) is 0.554. The van der Waals surface area contributed by atoms with Gasteiger partial charge in [0.15, 0.2) is 6.04 Å². The first kappa shape index (κ1) is 21.3. The third-order valence-electron chi connectivity index (χ3n) is 3.23. The highest BCUT2D eigenvalue weighted by molar-refractivity contribution is 9.10. The van der Waals surface area contributed by atoms with Crippen molar-refractivity contribution in [3.05, 3.63) is 34.3 Å². The van der Waals surface area contributed by atoms with E-state index in [0.717, 1.165) is 12.1 Å². The Hall–Kier alpha value is -1.73. The molecule has 4 nitrogen and oxygen atoms in total. The number of amides is 1. The molecule has 0 saturated carbocycles. The van der Waals surface area contributed by atoms with Gasteiger partial charge in [-0.1, -0.05) is 28.1 Å². The average molecular weight is 428 g/mol. The normalized spacial score (nSPS) is 14.5. The lowest BCUT2D eigenvalue weighted by molar-refractivity contribution is -0.191. The fourth-order valence-electron chi connectivity index (χ4n) is 2.25. The molecule has 0 heterocycles. The van der Waals surface area contributed by atoms with Crippen LogP contribution >= 0.6 is 15.9 Å². The van der Waals surface area contributed by atoms with Crippen molar-refractivity contribution in [3.63, 3.8) is 0 Å². The third-order valence-corrected chi connectivity index (χ3v) is 3.76. The number of nitrogens with two attached hydrogens (primary N) is 1. The fraction of sp³-hybridized carbons (Fsp3) is 0.467. The molecular formula is C15H15BrF5N3O. The average Bonchev–Trinajstić information content (AvgIpc) is 2.45. The van der Waals surface area contributed by atoms with Crippen molar-refractivity contribution < 1.29 is 26.7 Å². The van der Waals surface area contributed by atoms with Crippen molar-refractivity contribution in [2.45, 2.75) is 37.5 Å². The molecule has 0 aliphatic rings. The Morgan fingerprint density at radius 1 is 1.28 bits per heavy atom. The van der Waals surface area contributed by atoms with Crippen molar-refractivity contribution in [2.24, 2.45) is 5.73 Å². The number of rotatable bonds is 6. The predicted octanol–water partition coefficient (Wildman–Crippen LogP) is 3.78. The molecular weight excluding hydrogens is 413 g/mol. The second-order valence-corrected chi connectivity index (χ2v) is 6.42. The van der Waals surface area contributed by atoms with E-state index in [9.17, 15) is 26.7 Å². The minimum absolute atomic E-state index is 0.180. The summed E-state index contributed by atoms with van der Waals surface area (Å²) in [6.07, 6.45) is -6.05. The first-order valence-corrected chi connectivity index (χ1v) is 7.79. The zero-order chi connectivity index (χ0) is 19.4. The van der Waals surface area contributed by atoms with Gasteiger partial charge in [-0.15, -0.1) is 0 Å². The molecule has 0 unspecified atom stereocenters. The van der Waals surface area contributed by atoms with E-state index in [-0.39, 0.29) is 10.5 Å². The number of hydrogen-bond donors (Lipinski definition) is 1. The molecule has 0 aliphatic heterocycles. The topological polar surface area (TPSA) is 70.1 Å². The van der Waals surface area contributed by atoms with E-state index < -0.39 is 43.1 Å². The standard InChI is InChI=1S/C15H15BrF5N3O/c1-14(17,18)8-11(23)13(25)24(7-6-22)12(15(19,20)21)9-2-4-10(16)5-3-9/h2-5,11-12H,7-8,23H2,1H3/t11-,12-/m0/s1. The van der Waals surface area contributed by atoms with Crippen molar-refractivity contribution in [1.82, 2.24) is 4.90 Å². The van der Waals surface area contributed by atoms with Crippen LogP contribution in [-0.2, 0) is 4.79 Å². The van der Waals surface area contributed by atoms with Crippen LogP contribution in [-0.4, -0.2) is 35.5 Å². The molecule has 2 atom stereocenters. The van der Waals surface area contributed by atoms with Gasteiger partial charge in [-0.3, -0.25) is 4.79 Å². The number of benzene rings is 1. The van der Waals surface area contributed by atoms with Crippen LogP contribution in [0.1, 0.15) is 24.9 Å². The van der Waals surface area contributed by atoms with Crippen molar-refractivity contribution in [1.29, 1.82) is 5.26 Å². The van der Waals surface area contributed by atoms with E-state index >= 15 is 0 Å². The molecule has 25 heavy (non-hydrogen) atoms. The van der Waals surface area contributed by atoms with Crippen LogP contribution in [0.15, 0.2) is 28.7 Å². The maximum absolute atomic E-state index is 13.5. The van der Waals surface area contributed by atoms with Gasteiger partial charge in [0.25, 0.3) is 0 Å². The lowest BCUT2D eigenvalue weighted by Gasteiger charge is -2.33. The highest BCUT2D eigenvalue weighted by Crippen LogP contribution is 2.38. The van der Waals surface area contributed by atoms with E-state index in [2.05, 4.69) is 15.9 Å². The molecule has 0 fully saturated rings. The van der Waals surface area contributed by atoms with Gasteiger partial charge in [-0.2, -0.15) is 18.4 Å². The zero-order valence-electron chi connectivity index (χ0n) is 13.0. The van der Waals surface area contributed by atoms with E-state index in [1.165, 1.54) is 18.2 Å². The maximum atomic E-state index is 13.5. The monoisotopic (exact) mass is 427 g/mol. The van der Waals surface area contributed by atoms with E-state index in [4.69, 9.17) is 11.0 Å². The van der Waals surface area contributed by atoms with E-state index in [0.29, 0.717) is 11.4 Å². The van der Waals surface area contributed by atoms with Gasteiger partial charge in [-0.25, -0.2) is 8.78 Å². The minimum Gasteiger partial charge on any atom is -0.320 e. The number of nitriles is 1. The van der Waals surface area contributed by atoms with Gasteiger partial charge in [-0.05, 0) is 24.6 Å². The van der Waals surface area contributed by atoms with Crippen LogP contribution < -0.4 is 5.73 Å². The molecule has 1 amide bonds. The van der Waals surface area contributed by atoms with Gasteiger partial charge in [0, 0.05) is 10.9 Å². The Labute approximate surface area is 149 Å². The number of halogens is 6. The molecule has 0 radical (unpaired) electrons. The molecule has 138 valence electrons. The summed E-state index contributed by atoms with van der Waals surface area (Å²) in [5.41, 5.74) is 5.05. The molecule has 1 aromatic rings. The lowest BCUT2D eigenvalue weighted by atomic mass is 10.0. The molecule has 0 aromatic heterocycles. The molecule has 0 bridgehead atoms. The smallest absolute Gasteiger partial charge is 0.320 e. The van der Waals surface area contributed by atoms with Gasteiger partial charge in [0.2, 0.25) is 11.8 Å². The molecule has 1 aromatic carbocycles. The Kier molecular flexibility index (Phi) is 6.90. The van der Waals surface area contributed by atoms with E-state index in [1.54, 1.807) is 0 Å². The maximum Gasteiger partial charge on any atom is 0.413 e. The lowest BCUT2D eigenvalue weighted by Crippen LogP contribution is -2.50. The zero-order valence-corrected chi connectivity index (χ0v) is 14.6. The summed E-state index contributed by atoms with van der Waals surface area (Å²) in [6, 6.07) is 2.04. The first-order chi connectivity index (χ1) is 11.4. The van der Waals surface area contributed by atoms with Gasteiger partial charge in [0.1, 0.15) is 6.54 Å². The second kappa shape index (κ2) is 8.10. The molecule has 0 spiro atoms. The van der Waals surface area contributed by atoms with Crippen LogP contribution in [0.2, 0.25) is 0 Å². The summed E-state index contributed by atoms with van der Waals surface area (Å²) in [5, 5.41) is 8.80. The van der Waals surface area contributed by atoms with Crippen LogP contribution in [0.25, 0.3) is 0 Å². The molecule has 0 saturated heterocycles. The summed E-state index contributed by atoms with van der Waals surface area (Å²) in [6.45, 7) is -0.438. The Morgan fingerprint density at radius 2 is 1.80 bits per heavy atom. The minimum atomic E-state index is -4.92. The number of carbonyl (C=O) groups excluding carboxylic acids is 1. The van der Waals surface area contributed by atoms with E-state index in [1.807, 2.05) is 0 Å². The summed E-state index contributed by atoms with van der Waals surface area (Å²) < 4.78 is 67.2. The number of alkyl halides is 5. The Bertz CT molecular complexity index is 637. The summed E-state index contributed by atoms with van der Waals surface area (Å²) in [4.78, 5) is 12.4. The second-order valence-electron chi connectivity index (χ2n) is 5.50. The van der Waals surface area contributed by atoms with Crippen molar-refractivity contribution in [2.75, 3.05) is 6.54 Å². The molecule has 1 rings (SSSR count). The Balaban J connectivity index is 3.27. The first-order valence-electron chi connectivity index (χ1n) is 7.00. The van der Waals surface area contributed by atoms with Gasteiger partial charge < -0.3 is 10.6 Å². The van der Waals surface area contributed by atoms with Crippen molar-refractivity contribution >= 4 is 21.8 Å². The highest BCUT2D eigenvalue weighted by Gasteiger charge is 2.47. The van der Waals surface area contributed by atoms with Gasteiger partial charge in [0.05, 0.1) is 12.1 Å². The number of nitrogens with zero attached hydrogens (tertiary/aromatic N) is 2. The molecule has 2 N–H and O–H groups in total. The van der Waals surface area contributed by atoms with Crippen LogP contribution in [0.4, 0.5) is 22.0 Å². The fourth-order valence-corrected chi connectivity index (χ4v) is 2.51. The predicted molar refractivity (Wildman–Crippen MR) is 83.5 cm³/mol. The summed E-state index contributed by atoms with van der Waals surface area (Å²) in [5.74, 6) is -4.70. The highest BCUT2D eigenvalue weighted by atomic mass is 79.9. The number of carbonyl (C=O) groups is 1. The Morgan fingerprint density at radius 3 is 2.20 bits per heavy atom. The van der Waals surface area contributed by atoms with Crippen LogP contribution in [0.3, 0.4) is 0 Å². The summed E-state index contributed by atoms with van der Waals surface area (Å²) >= 11 is 3.08. The number of hydrogen-bond acceptors (Lipinski definition) is 3. The largest absolute Gasteiger partial charge is 0.413 e. The van der Waals surface area contributed by atoms with Crippen LogP contribution in [0.5, 0.6) is 0 Å². The van der Waals surface area contributed by atoms with Gasteiger partial charge >= 0.3 is 6.18 Å². The third kappa shape index (κ3) is 6.25. The van der Waals surface area contributed by atoms with Crippen LogP contribution in [0, 0.1) is 11.3 Å².